The molecule has 0 spiro atoms. The van der Waals surface area contributed by atoms with Gasteiger partial charge in [-0.2, -0.15) is 4.98 Å². The maximum atomic E-state index is 13.5. The van der Waals surface area contributed by atoms with Crippen molar-refractivity contribution in [3.8, 4) is 0 Å². The first-order valence-corrected chi connectivity index (χ1v) is 5.16. The van der Waals surface area contributed by atoms with Gasteiger partial charge in [0.2, 0.25) is 5.28 Å². The van der Waals surface area contributed by atoms with Gasteiger partial charge in [0.25, 0.3) is 0 Å². The summed E-state index contributed by atoms with van der Waals surface area (Å²) in [7, 11) is 0. The van der Waals surface area contributed by atoms with Crippen LogP contribution in [0, 0.1) is 5.82 Å². The summed E-state index contributed by atoms with van der Waals surface area (Å²) in [6.45, 7) is 1.10. The molecule has 0 aromatic carbocycles. The highest BCUT2D eigenvalue weighted by Gasteiger charge is 2.40. The Kier molecular flexibility index (Phi) is 3.10. The van der Waals surface area contributed by atoms with E-state index in [0.29, 0.717) is 0 Å². The molecule has 1 aromatic heterocycles. The maximum Gasteiger partial charge on any atom is 0.416 e. The normalized spacial score (nSPS) is 21.5. The van der Waals surface area contributed by atoms with E-state index in [1.54, 1.807) is 0 Å². The van der Waals surface area contributed by atoms with Crippen LogP contribution in [0.5, 0.6) is 0 Å². The summed E-state index contributed by atoms with van der Waals surface area (Å²) in [6, 6.07) is -0.914. The molecule has 1 aliphatic rings. The summed E-state index contributed by atoms with van der Waals surface area (Å²) in [5.74, 6) is -1.24. The number of halogens is 3. The van der Waals surface area contributed by atoms with Crippen LogP contribution in [0.2, 0.25) is 5.28 Å². The van der Waals surface area contributed by atoms with Crippen molar-refractivity contribution in [3.63, 3.8) is 0 Å². The summed E-state index contributed by atoms with van der Waals surface area (Å²) < 4.78 is 31.4. The number of alkyl halides is 1. The minimum Gasteiger partial charge on any atom is -0.447 e. The Morgan fingerprint density at radius 2 is 2.41 bits per heavy atom. The molecule has 1 fully saturated rings. The molecule has 17 heavy (non-hydrogen) atoms. The summed E-state index contributed by atoms with van der Waals surface area (Å²) in [6.07, 6.45) is -1.42. The summed E-state index contributed by atoms with van der Waals surface area (Å²) in [5.41, 5.74) is 0. The van der Waals surface area contributed by atoms with E-state index in [2.05, 4.69) is 14.7 Å². The lowest BCUT2D eigenvalue weighted by Gasteiger charge is -2.21. The number of nitrogens with zero attached hydrogens (tertiary/aromatic N) is 3. The van der Waals surface area contributed by atoms with E-state index in [0.717, 1.165) is 11.1 Å². The van der Waals surface area contributed by atoms with E-state index in [4.69, 9.17) is 11.6 Å². The molecule has 0 bridgehead atoms. The van der Waals surface area contributed by atoms with Crippen LogP contribution in [-0.4, -0.2) is 34.9 Å². The van der Waals surface area contributed by atoms with Gasteiger partial charge >= 0.3 is 6.09 Å². The number of amides is 1. The molecule has 0 saturated carbocycles. The fourth-order valence-electron chi connectivity index (χ4n) is 1.52. The van der Waals surface area contributed by atoms with E-state index in [1.807, 2.05) is 0 Å². The number of hydrogen-bond acceptors (Lipinski definition) is 4. The van der Waals surface area contributed by atoms with Gasteiger partial charge in [0.15, 0.2) is 11.6 Å². The topological polar surface area (TPSA) is 55.3 Å². The average Bonchev–Trinajstić information content (AvgIpc) is 2.64. The van der Waals surface area contributed by atoms with Crippen LogP contribution in [0.3, 0.4) is 0 Å². The van der Waals surface area contributed by atoms with E-state index >= 15 is 0 Å². The second-order valence-electron chi connectivity index (χ2n) is 3.50. The van der Waals surface area contributed by atoms with Crippen molar-refractivity contribution in [2.75, 3.05) is 11.5 Å². The van der Waals surface area contributed by atoms with Gasteiger partial charge in [-0.05, 0) is 18.5 Å². The van der Waals surface area contributed by atoms with Crippen LogP contribution in [0.25, 0.3) is 0 Å². The maximum absolute atomic E-state index is 13.5. The Balaban J connectivity index is 2.42. The van der Waals surface area contributed by atoms with Crippen molar-refractivity contribution in [2.45, 2.75) is 19.1 Å². The predicted molar refractivity (Wildman–Crippen MR) is 55.2 cm³/mol. The average molecular weight is 264 g/mol. The molecular weight excluding hydrogens is 256 g/mol. The predicted octanol–water partition coefficient (Wildman–Crippen LogP) is 1.95. The highest BCUT2D eigenvalue weighted by Crippen LogP contribution is 2.26. The van der Waals surface area contributed by atoms with Gasteiger partial charge in [-0.15, -0.1) is 0 Å². The molecule has 1 aliphatic heterocycles. The van der Waals surface area contributed by atoms with Crippen LogP contribution in [0.15, 0.2) is 6.20 Å². The Labute approximate surface area is 100 Å². The Morgan fingerprint density at radius 1 is 1.71 bits per heavy atom. The fourth-order valence-corrected chi connectivity index (χ4v) is 1.65. The molecule has 2 atom stereocenters. The monoisotopic (exact) mass is 263 g/mol. The molecular formula is C9H8ClF2N3O2. The molecule has 2 heterocycles. The van der Waals surface area contributed by atoms with Crippen molar-refractivity contribution < 1.29 is 18.3 Å². The van der Waals surface area contributed by atoms with Gasteiger partial charge < -0.3 is 4.74 Å². The number of carbonyl (C=O) groups is 1. The number of hydrogen-bond donors (Lipinski definition) is 0. The zero-order valence-electron chi connectivity index (χ0n) is 8.73. The Bertz CT molecular complexity index is 458. The lowest BCUT2D eigenvalue weighted by molar-refractivity contribution is 0.174. The van der Waals surface area contributed by atoms with Crippen molar-refractivity contribution in [3.05, 3.63) is 17.3 Å². The van der Waals surface area contributed by atoms with Crippen LogP contribution in [0.1, 0.15) is 6.92 Å². The molecule has 0 N–H and O–H groups in total. The van der Waals surface area contributed by atoms with Gasteiger partial charge in [0, 0.05) is 0 Å². The first kappa shape index (κ1) is 12.0. The van der Waals surface area contributed by atoms with Crippen LogP contribution in [-0.2, 0) is 4.74 Å². The lowest BCUT2D eigenvalue weighted by atomic mass is 10.2. The lowest BCUT2D eigenvalue weighted by Crippen LogP contribution is -2.40. The van der Waals surface area contributed by atoms with Crippen molar-refractivity contribution in [1.82, 2.24) is 9.97 Å². The third kappa shape index (κ3) is 2.14. The van der Waals surface area contributed by atoms with E-state index < -0.39 is 24.1 Å². The number of rotatable bonds is 2. The molecule has 1 amide bonds. The molecule has 92 valence electrons. The smallest absolute Gasteiger partial charge is 0.416 e. The van der Waals surface area contributed by atoms with Crippen LogP contribution >= 0.6 is 11.6 Å². The molecule has 1 aromatic rings. The molecule has 1 saturated heterocycles. The standard InChI is InChI=1S/C9H8ClF2N3O2/c1-4(11)6-3-17-9(16)15(6)7-5(12)2-13-8(10)14-7/h2,4,6H,3H2,1H3/t4-,6?/m0/s1. The Hall–Kier alpha value is -1.50. The highest BCUT2D eigenvalue weighted by molar-refractivity contribution is 6.28. The number of cyclic esters (lactones) is 1. The first-order valence-electron chi connectivity index (χ1n) is 4.79. The highest BCUT2D eigenvalue weighted by atomic mass is 35.5. The number of ether oxygens (including phenoxy) is 1. The molecule has 0 radical (unpaired) electrons. The zero-order chi connectivity index (χ0) is 12.6. The summed E-state index contributed by atoms with van der Waals surface area (Å²) in [5, 5.41) is -0.230. The van der Waals surface area contributed by atoms with E-state index in [-0.39, 0.29) is 17.7 Å². The van der Waals surface area contributed by atoms with Gasteiger partial charge in [0.1, 0.15) is 18.8 Å². The van der Waals surface area contributed by atoms with Gasteiger partial charge in [-0.3, -0.25) is 0 Å². The first-order chi connectivity index (χ1) is 8.00. The second kappa shape index (κ2) is 4.40. The largest absolute Gasteiger partial charge is 0.447 e. The quantitative estimate of drug-likeness (QED) is 0.766. The van der Waals surface area contributed by atoms with E-state index in [1.165, 1.54) is 6.92 Å². The summed E-state index contributed by atoms with van der Waals surface area (Å²) >= 11 is 5.51. The third-order valence-corrected chi connectivity index (χ3v) is 2.54. The van der Waals surface area contributed by atoms with Gasteiger partial charge in [-0.1, -0.05) is 0 Å². The van der Waals surface area contributed by atoms with Gasteiger partial charge in [0.05, 0.1) is 6.20 Å². The van der Waals surface area contributed by atoms with Crippen molar-refractivity contribution in [2.24, 2.45) is 0 Å². The summed E-state index contributed by atoms with van der Waals surface area (Å²) in [4.78, 5) is 19.2. The van der Waals surface area contributed by atoms with Crippen molar-refractivity contribution >= 4 is 23.5 Å². The van der Waals surface area contributed by atoms with E-state index in [9.17, 15) is 13.6 Å². The number of carbonyl (C=O) groups excluding carboxylic acids is 1. The van der Waals surface area contributed by atoms with Gasteiger partial charge in [-0.25, -0.2) is 23.5 Å². The minimum absolute atomic E-state index is 0.155. The Morgan fingerprint density at radius 3 is 3.06 bits per heavy atom. The minimum atomic E-state index is -1.38. The fraction of sp³-hybridized carbons (Fsp3) is 0.444. The number of anilines is 1. The second-order valence-corrected chi connectivity index (χ2v) is 3.84. The van der Waals surface area contributed by atoms with Crippen molar-refractivity contribution in [1.29, 1.82) is 0 Å². The van der Waals surface area contributed by atoms with Crippen LogP contribution in [0.4, 0.5) is 19.4 Å². The molecule has 2 rings (SSSR count). The molecule has 0 aliphatic carbocycles. The van der Waals surface area contributed by atoms with Crippen LogP contribution < -0.4 is 4.90 Å². The SMILES string of the molecule is C[C@H](F)C1COC(=O)N1c1nc(Cl)ncc1F. The number of aromatic nitrogens is 2. The molecule has 1 unspecified atom stereocenters. The molecule has 8 heteroatoms. The zero-order valence-corrected chi connectivity index (χ0v) is 9.49. The third-order valence-electron chi connectivity index (χ3n) is 2.36. The molecule has 5 nitrogen and oxygen atoms in total.